The van der Waals surface area contributed by atoms with Crippen molar-refractivity contribution in [2.75, 3.05) is 18.5 Å². The molecule has 3 rings (SSSR count). The van der Waals surface area contributed by atoms with Crippen LogP contribution in [0.15, 0.2) is 24.0 Å². The summed E-state index contributed by atoms with van der Waals surface area (Å²) >= 11 is 0. The van der Waals surface area contributed by atoms with E-state index in [9.17, 15) is 14.0 Å². The Morgan fingerprint density at radius 3 is 3.00 bits per heavy atom. The molecule has 2 N–H and O–H groups in total. The van der Waals surface area contributed by atoms with Gasteiger partial charge in [-0.25, -0.2) is 4.39 Å². The molecule has 5 nitrogen and oxygen atoms in total. The van der Waals surface area contributed by atoms with Gasteiger partial charge in [-0.1, -0.05) is 0 Å². The highest BCUT2D eigenvalue weighted by atomic mass is 19.1. The number of ether oxygens (including phenoxy) is 1. The lowest BCUT2D eigenvalue weighted by Crippen LogP contribution is -2.32. The fourth-order valence-corrected chi connectivity index (χ4v) is 2.43. The van der Waals surface area contributed by atoms with Gasteiger partial charge in [-0.15, -0.1) is 0 Å². The fourth-order valence-electron chi connectivity index (χ4n) is 2.43. The van der Waals surface area contributed by atoms with Crippen molar-refractivity contribution in [2.24, 2.45) is 0 Å². The van der Waals surface area contributed by atoms with Crippen LogP contribution in [0, 0.1) is 5.82 Å². The summed E-state index contributed by atoms with van der Waals surface area (Å²) in [5, 5.41) is 5.15. The number of amides is 2. The van der Waals surface area contributed by atoms with Gasteiger partial charge in [-0.05, 0) is 43.0 Å². The lowest BCUT2D eigenvalue weighted by Gasteiger charge is -2.19. The van der Waals surface area contributed by atoms with Gasteiger partial charge in [0.1, 0.15) is 5.82 Å². The van der Waals surface area contributed by atoms with Crippen molar-refractivity contribution in [1.29, 1.82) is 0 Å². The second-order valence-corrected chi connectivity index (χ2v) is 5.01. The minimum Gasteiger partial charge on any atom is -0.488 e. The van der Waals surface area contributed by atoms with Crippen LogP contribution in [0.2, 0.25) is 0 Å². The Kier molecular flexibility index (Phi) is 3.60. The third kappa shape index (κ3) is 2.74. The predicted octanol–water partition coefficient (Wildman–Crippen LogP) is 1.74. The van der Waals surface area contributed by atoms with Crippen molar-refractivity contribution >= 4 is 17.5 Å². The molecule has 0 unspecified atom stereocenters. The summed E-state index contributed by atoms with van der Waals surface area (Å²) in [5.74, 6) is -1.10. The highest BCUT2D eigenvalue weighted by Gasteiger charge is 2.21. The molecule has 0 saturated carbocycles. The average Bonchev–Trinajstić information content (AvgIpc) is 2.50. The molecular weight excluding hydrogens is 275 g/mol. The zero-order valence-corrected chi connectivity index (χ0v) is 11.4. The van der Waals surface area contributed by atoms with Crippen LogP contribution >= 0.6 is 0 Å². The number of anilines is 1. The van der Waals surface area contributed by atoms with Crippen LogP contribution in [-0.2, 0) is 16.0 Å². The number of allylic oxidation sites excluding steroid dienone is 1. The Morgan fingerprint density at radius 2 is 2.24 bits per heavy atom. The largest absolute Gasteiger partial charge is 0.488 e. The number of rotatable bonds is 2. The Balaban J connectivity index is 1.85. The van der Waals surface area contributed by atoms with Crippen molar-refractivity contribution in [3.05, 3.63) is 40.9 Å². The van der Waals surface area contributed by atoms with Crippen LogP contribution in [0.3, 0.4) is 0 Å². The van der Waals surface area contributed by atoms with Crippen LogP contribution in [-0.4, -0.2) is 25.0 Å². The molecule has 0 bridgehead atoms. The smallest absolute Gasteiger partial charge is 0.290 e. The Hall–Kier alpha value is -2.37. The topological polar surface area (TPSA) is 67.4 Å². The second kappa shape index (κ2) is 5.55. The molecule has 0 aliphatic carbocycles. The molecule has 0 fully saturated rings. The number of fused-ring (bicyclic) bond motifs is 1. The maximum absolute atomic E-state index is 14.0. The number of hydrogen-bond acceptors (Lipinski definition) is 3. The third-order valence-corrected chi connectivity index (χ3v) is 3.53. The molecule has 2 heterocycles. The van der Waals surface area contributed by atoms with Gasteiger partial charge in [0.25, 0.3) is 11.8 Å². The van der Waals surface area contributed by atoms with Gasteiger partial charge in [0.15, 0.2) is 5.76 Å². The van der Waals surface area contributed by atoms with E-state index in [2.05, 4.69) is 10.6 Å². The lowest BCUT2D eigenvalue weighted by atomic mass is 9.99. The Morgan fingerprint density at radius 1 is 1.38 bits per heavy atom. The van der Waals surface area contributed by atoms with Crippen LogP contribution in [0.25, 0.3) is 0 Å². The van der Waals surface area contributed by atoms with Crippen molar-refractivity contribution in [3.8, 4) is 0 Å². The summed E-state index contributed by atoms with van der Waals surface area (Å²) in [6, 6.07) is 2.68. The highest BCUT2D eigenvalue weighted by molar-refractivity contribution is 6.04. The van der Waals surface area contributed by atoms with E-state index in [-0.39, 0.29) is 17.4 Å². The molecule has 0 saturated heterocycles. The molecule has 0 aromatic heterocycles. The van der Waals surface area contributed by atoms with Crippen molar-refractivity contribution in [1.82, 2.24) is 5.32 Å². The molecule has 110 valence electrons. The van der Waals surface area contributed by atoms with Crippen LogP contribution in [0.5, 0.6) is 0 Å². The standard InChI is InChI=1S/C15H15FN2O3/c16-11-7-9-4-5-17-14(19)10(9)8-12(11)18-15(20)13-3-1-2-6-21-13/h3,7-8H,1-2,4-6H2,(H,17,19)(H,18,20). The number of nitrogens with one attached hydrogen (secondary N) is 2. The fraction of sp³-hybridized carbons (Fsp3) is 0.333. The van der Waals surface area contributed by atoms with E-state index in [4.69, 9.17) is 4.74 Å². The first-order valence-electron chi connectivity index (χ1n) is 6.90. The van der Waals surface area contributed by atoms with Crippen LogP contribution < -0.4 is 10.6 Å². The lowest BCUT2D eigenvalue weighted by molar-refractivity contribution is -0.116. The Labute approximate surface area is 121 Å². The van der Waals surface area contributed by atoms with Gasteiger partial charge in [-0.2, -0.15) is 0 Å². The van der Waals surface area contributed by atoms with E-state index < -0.39 is 11.7 Å². The molecule has 1 aromatic carbocycles. The van der Waals surface area contributed by atoms with E-state index in [0.717, 1.165) is 12.8 Å². The monoisotopic (exact) mass is 290 g/mol. The maximum atomic E-state index is 14.0. The number of carbonyl (C=O) groups is 2. The first kappa shape index (κ1) is 13.6. The normalized spacial score (nSPS) is 17.2. The molecule has 2 aliphatic rings. The molecule has 0 atom stereocenters. The highest BCUT2D eigenvalue weighted by Crippen LogP contribution is 2.24. The minimum atomic E-state index is -0.548. The third-order valence-electron chi connectivity index (χ3n) is 3.53. The zero-order valence-electron chi connectivity index (χ0n) is 11.4. The maximum Gasteiger partial charge on any atom is 0.290 e. The molecule has 2 amide bonds. The molecule has 0 radical (unpaired) electrons. The van der Waals surface area contributed by atoms with Gasteiger partial charge in [0, 0.05) is 12.1 Å². The van der Waals surface area contributed by atoms with Crippen LogP contribution in [0.4, 0.5) is 10.1 Å². The van der Waals surface area contributed by atoms with Crippen LogP contribution in [0.1, 0.15) is 28.8 Å². The van der Waals surface area contributed by atoms with Gasteiger partial charge >= 0.3 is 0 Å². The second-order valence-electron chi connectivity index (χ2n) is 5.01. The first-order chi connectivity index (χ1) is 10.1. The quantitative estimate of drug-likeness (QED) is 0.872. The molecule has 0 spiro atoms. The van der Waals surface area contributed by atoms with E-state index in [1.165, 1.54) is 12.1 Å². The zero-order chi connectivity index (χ0) is 14.8. The molecular formula is C15H15FN2O3. The minimum absolute atomic E-state index is 0.00845. The van der Waals surface area contributed by atoms with Gasteiger partial charge in [0.2, 0.25) is 0 Å². The number of carbonyl (C=O) groups excluding carboxylic acids is 2. The van der Waals surface area contributed by atoms with E-state index in [1.807, 2.05) is 0 Å². The Bertz CT molecular complexity index is 640. The molecule has 21 heavy (non-hydrogen) atoms. The van der Waals surface area contributed by atoms with E-state index >= 15 is 0 Å². The summed E-state index contributed by atoms with van der Waals surface area (Å²) in [6.07, 6.45) is 3.89. The number of benzene rings is 1. The van der Waals surface area contributed by atoms with Crippen molar-refractivity contribution in [3.63, 3.8) is 0 Å². The summed E-state index contributed by atoms with van der Waals surface area (Å²) in [4.78, 5) is 23.8. The van der Waals surface area contributed by atoms with E-state index in [1.54, 1.807) is 6.08 Å². The summed E-state index contributed by atoms with van der Waals surface area (Å²) in [6.45, 7) is 0.978. The average molecular weight is 290 g/mol. The van der Waals surface area contributed by atoms with Gasteiger partial charge < -0.3 is 15.4 Å². The van der Waals surface area contributed by atoms with Crippen molar-refractivity contribution in [2.45, 2.75) is 19.3 Å². The summed E-state index contributed by atoms with van der Waals surface area (Å²) < 4.78 is 19.3. The molecule has 2 aliphatic heterocycles. The predicted molar refractivity (Wildman–Crippen MR) is 74.3 cm³/mol. The summed E-state index contributed by atoms with van der Waals surface area (Å²) in [5.41, 5.74) is 1.05. The van der Waals surface area contributed by atoms with Gasteiger partial charge in [0.05, 0.1) is 12.3 Å². The number of hydrogen-bond donors (Lipinski definition) is 2. The van der Waals surface area contributed by atoms with Crippen molar-refractivity contribution < 1.29 is 18.7 Å². The molecule has 1 aromatic rings. The first-order valence-corrected chi connectivity index (χ1v) is 6.90. The summed E-state index contributed by atoms with van der Waals surface area (Å²) in [7, 11) is 0. The molecule has 6 heteroatoms. The van der Waals surface area contributed by atoms with E-state index in [0.29, 0.717) is 30.7 Å². The SMILES string of the molecule is O=C(Nc1cc2c(cc1F)CCNC2=O)C1=CCCCO1. The number of halogens is 1. The van der Waals surface area contributed by atoms with Gasteiger partial charge in [-0.3, -0.25) is 9.59 Å².